The van der Waals surface area contributed by atoms with E-state index in [1.54, 1.807) is 6.08 Å². The highest BCUT2D eigenvalue weighted by Crippen LogP contribution is 2.38. The third kappa shape index (κ3) is 2.82. The van der Waals surface area contributed by atoms with Gasteiger partial charge in [-0.3, -0.25) is 0 Å². The minimum Gasteiger partial charge on any atom is -0.370 e. The van der Waals surface area contributed by atoms with Crippen LogP contribution in [-0.2, 0) is 6.54 Å². The predicted molar refractivity (Wildman–Crippen MR) is 59.8 cm³/mol. The lowest BCUT2D eigenvalue weighted by Crippen LogP contribution is -2.31. The summed E-state index contributed by atoms with van der Waals surface area (Å²) in [4.78, 5) is 8.31. The van der Waals surface area contributed by atoms with Crippen molar-refractivity contribution in [2.75, 3.05) is 6.54 Å². The molecule has 6 heteroatoms. The number of nitrogens with zero attached hydrogens (tertiary/aromatic N) is 3. The van der Waals surface area contributed by atoms with E-state index in [1.165, 1.54) is 0 Å². The summed E-state index contributed by atoms with van der Waals surface area (Å²) in [7, 11) is 0. The van der Waals surface area contributed by atoms with Gasteiger partial charge in [0.05, 0.1) is 0 Å². The van der Waals surface area contributed by atoms with Crippen LogP contribution < -0.4 is 11.1 Å². The summed E-state index contributed by atoms with van der Waals surface area (Å²) in [5, 5.41) is 6.70. The smallest absolute Gasteiger partial charge is 0.229 e. The van der Waals surface area contributed by atoms with Gasteiger partial charge in [0.2, 0.25) is 5.89 Å². The largest absolute Gasteiger partial charge is 0.370 e. The molecule has 1 aromatic rings. The molecular formula is C10H15N5O. The number of hydrogen-bond acceptors (Lipinski definition) is 4. The predicted octanol–water partition coefficient (Wildman–Crippen LogP) is 0.537. The van der Waals surface area contributed by atoms with E-state index in [2.05, 4.69) is 27.0 Å². The van der Waals surface area contributed by atoms with Crippen molar-refractivity contribution in [2.45, 2.75) is 25.3 Å². The maximum atomic E-state index is 5.59. The van der Waals surface area contributed by atoms with Crippen LogP contribution in [-0.4, -0.2) is 22.6 Å². The van der Waals surface area contributed by atoms with Crippen molar-refractivity contribution in [1.29, 1.82) is 0 Å². The first-order valence-electron chi connectivity index (χ1n) is 5.26. The Bertz CT molecular complexity index is 394. The highest BCUT2D eigenvalue weighted by Gasteiger charge is 2.29. The SMILES string of the molecule is C=CCNC(N)=NCc1noc(C2CC2)n1. The normalized spacial score (nSPS) is 16.1. The lowest BCUT2D eigenvalue weighted by molar-refractivity contribution is 0.374. The molecule has 0 aliphatic heterocycles. The van der Waals surface area contributed by atoms with Crippen molar-refractivity contribution >= 4 is 5.96 Å². The molecule has 2 rings (SSSR count). The zero-order valence-electron chi connectivity index (χ0n) is 9.02. The summed E-state index contributed by atoms with van der Waals surface area (Å²) >= 11 is 0. The maximum absolute atomic E-state index is 5.59. The van der Waals surface area contributed by atoms with Crippen LogP contribution in [0.5, 0.6) is 0 Å². The van der Waals surface area contributed by atoms with Crippen molar-refractivity contribution in [3.05, 3.63) is 24.4 Å². The minimum atomic E-state index is 0.339. The maximum Gasteiger partial charge on any atom is 0.229 e. The van der Waals surface area contributed by atoms with Gasteiger partial charge in [0.15, 0.2) is 11.8 Å². The molecule has 1 aliphatic rings. The Balaban J connectivity index is 1.85. The summed E-state index contributed by atoms with van der Waals surface area (Å²) < 4.78 is 5.09. The average Bonchev–Trinajstić information content (AvgIpc) is 3.03. The van der Waals surface area contributed by atoms with Crippen molar-refractivity contribution in [2.24, 2.45) is 10.7 Å². The molecule has 1 heterocycles. The number of nitrogens with two attached hydrogens (primary N) is 1. The summed E-state index contributed by atoms with van der Waals surface area (Å²) in [6.07, 6.45) is 4.00. The van der Waals surface area contributed by atoms with E-state index in [4.69, 9.17) is 10.3 Å². The van der Waals surface area contributed by atoms with Gasteiger partial charge in [-0.15, -0.1) is 6.58 Å². The molecule has 0 radical (unpaired) electrons. The summed E-state index contributed by atoms with van der Waals surface area (Å²) in [5.41, 5.74) is 5.59. The molecule has 1 fully saturated rings. The molecule has 0 unspecified atom stereocenters. The molecule has 0 bridgehead atoms. The average molecular weight is 221 g/mol. The number of hydrogen-bond donors (Lipinski definition) is 2. The molecular weight excluding hydrogens is 206 g/mol. The first kappa shape index (κ1) is 10.7. The Morgan fingerprint density at radius 2 is 2.50 bits per heavy atom. The van der Waals surface area contributed by atoms with E-state index in [0.717, 1.165) is 18.7 Å². The number of nitrogens with one attached hydrogen (secondary N) is 1. The molecule has 1 saturated carbocycles. The standard InChI is InChI=1S/C10H15N5O/c1-2-5-12-10(11)13-6-8-14-9(16-15-8)7-3-4-7/h2,7H,1,3-6H2,(H3,11,12,13). The topological polar surface area (TPSA) is 89.3 Å². The van der Waals surface area contributed by atoms with E-state index in [1.807, 2.05) is 0 Å². The molecule has 86 valence electrons. The van der Waals surface area contributed by atoms with E-state index in [9.17, 15) is 0 Å². The molecule has 6 nitrogen and oxygen atoms in total. The second kappa shape index (κ2) is 4.78. The van der Waals surface area contributed by atoms with Gasteiger partial charge >= 0.3 is 0 Å². The van der Waals surface area contributed by atoms with Crippen molar-refractivity contribution < 1.29 is 4.52 Å². The highest BCUT2D eigenvalue weighted by molar-refractivity contribution is 5.77. The van der Waals surface area contributed by atoms with Gasteiger partial charge in [-0.25, -0.2) is 4.99 Å². The van der Waals surface area contributed by atoms with Crippen LogP contribution in [0.1, 0.15) is 30.5 Å². The van der Waals surface area contributed by atoms with Crippen molar-refractivity contribution in [1.82, 2.24) is 15.5 Å². The van der Waals surface area contributed by atoms with E-state index in [0.29, 0.717) is 30.8 Å². The summed E-state index contributed by atoms with van der Waals surface area (Å²) in [6.45, 7) is 4.50. The number of guanidine groups is 1. The van der Waals surface area contributed by atoms with E-state index < -0.39 is 0 Å². The van der Waals surface area contributed by atoms with Crippen LogP contribution >= 0.6 is 0 Å². The molecule has 1 aliphatic carbocycles. The Labute approximate surface area is 93.6 Å². The third-order valence-corrected chi connectivity index (χ3v) is 2.23. The van der Waals surface area contributed by atoms with Gasteiger partial charge in [0, 0.05) is 12.5 Å². The van der Waals surface area contributed by atoms with Crippen molar-refractivity contribution in [3.63, 3.8) is 0 Å². The molecule has 16 heavy (non-hydrogen) atoms. The van der Waals surface area contributed by atoms with Gasteiger partial charge in [-0.1, -0.05) is 11.2 Å². The fourth-order valence-electron chi connectivity index (χ4n) is 1.22. The fraction of sp³-hybridized carbons (Fsp3) is 0.500. The van der Waals surface area contributed by atoms with Crippen molar-refractivity contribution in [3.8, 4) is 0 Å². The Kier molecular flexibility index (Phi) is 3.19. The van der Waals surface area contributed by atoms with Crippen LogP contribution in [0.15, 0.2) is 22.2 Å². The van der Waals surface area contributed by atoms with Gasteiger partial charge in [0.25, 0.3) is 0 Å². The number of aromatic nitrogens is 2. The molecule has 0 amide bonds. The fourth-order valence-corrected chi connectivity index (χ4v) is 1.22. The molecule has 0 atom stereocenters. The second-order valence-electron chi connectivity index (χ2n) is 3.69. The molecule has 0 spiro atoms. The molecule has 1 aromatic heterocycles. The summed E-state index contributed by atoms with van der Waals surface area (Å²) in [5.74, 6) is 2.13. The number of aliphatic imine (C=N–C) groups is 1. The Morgan fingerprint density at radius 1 is 1.69 bits per heavy atom. The zero-order valence-corrected chi connectivity index (χ0v) is 9.02. The molecule has 0 saturated heterocycles. The second-order valence-corrected chi connectivity index (χ2v) is 3.69. The number of rotatable bonds is 5. The minimum absolute atomic E-state index is 0.339. The summed E-state index contributed by atoms with van der Waals surface area (Å²) in [6, 6.07) is 0. The highest BCUT2D eigenvalue weighted by atomic mass is 16.5. The van der Waals surface area contributed by atoms with Crippen LogP contribution in [0.4, 0.5) is 0 Å². The van der Waals surface area contributed by atoms with Crippen LogP contribution in [0.2, 0.25) is 0 Å². The van der Waals surface area contributed by atoms with Gasteiger partial charge in [-0.05, 0) is 12.8 Å². The van der Waals surface area contributed by atoms with Crippen LogP contribution in [0, 0.1) is 0 Å². The first-order chi connectivity index (χ1) is 7.79. The lowest BCUT2D eigenvalue weighted by atomic mass is 10.4. The van der Waals surface area contributed by atoms with Gasteiger partial charge in [0.1, 0.15) is 6.54 Å². The zero-order chi connectivity index (χ0) is 11.4. The quantitative estimate of drug-likeness (QED) is 0.430. The van der Waals surface area contributed by atoms with Gasteiger partial charge < -0.3 is 15.6 Å². The van der Waals surface area contributed by atoms with E-state index >= 15 is 0 Å². The lowest BCUT2D eigenvalue weighted by Gasteiger charge is -1.99. The monoisotopic (exact) mass is 221 g/mol. The molecule has 0 aromatic carbocycles. The Morgan fingerprint density at radius 3 is 3.19 bits per heavy atom. The van der Waals surface area contributed by atoms with Gasteiger partial charge in [-0.2, -0.15) is 4.98 Å². The van der Waals surface area contributed by atoms with Crippen LogP contribution in [0.25, 0.3) is 0 Å². The first-order valence-corrected chi connectivity index (χ1v) is 5.26. The van der Waals surface area contributed by atoms with E-state index in [-0.39, 0.29) is 0 Å². The Hall–Kier alpha value is -1.85. The van der Waals surface area contributed by atoms with Crippen LogP contribution in [0.3, 0.4) is 0 Å². The molecule has 3 N–H and O–H groups in total. The third-order valence-electron chi connectivity index (χ3n) is 2.23.